The van der Waals surface area contributed by atoms with Gasteiger partial charge in [0.2, 0.25) is 0 Å². The Morgan fingerprint density at radius 1 is 1.29 bits per heavy atom. The predicted octanol–water partition coefficient (Wildman–Crippen LogP) is 5.02. The molecule has 2 heterocycles. The van der Waals surface area contributed by atoms with Gasteiger partial charge >= 0.3 is 0 Å². The van der Waals surface area contributed by atoms with Gasteiger partial charge in [0.1, 0.15) is 11.5 Å². The van der Waals surface area contributed by atoms with Crippen LogP contribution in [-0.4, -0.2) is 35.4 Å². The summed E-state index contributed by atoms with van der Waals surface area (Å²) in [5, 5.41) is 13.3. The quantitative estimate of drug-likeness (QED) is 0.296. The molecule has 1 atom stereocenters. The number of carbonyl (C=O) groups is 2. The maximum Gasteiger partial charge on any atom is 0.295 e. The smallest absolute Gasteiger partial charge is 0.295 e. The standard InChI is InChI=1S/C21H22ClNO4S/c1-3-4-5-10-23-18(16-7-6-11-28-16)17(20(25)21(23)26)19(24)14-12-13(22)8-9-15(14)27-2/h6-9,11-12,18,24H,3-5,10H2,1-2H3/b19-17-. The summed E-state index contributed by atoms with van der Waals surface area (Å²) in [6.45, 7) is 2.54. The van der Waals surface area contributed by atoms with Crippen LogP contribution >= 0.6 is 22.9 Å². The number of hydrogen-bond donors (Lipinski definition) is 1. The number of benzene rings is 1. The molecule has 0 aliphatic carbocycles. The molecule has 2 aromatic rings. The molecule has 5 nitrogen and oxygen atoms in total. The van der Waals surface area contributed by atoms with Gasteiger partial charge in [-0.1, -0.05) is 37.4 Å². The van der Waals surface area contributed by atoms with Crippen molar-refractivity contribution in [3.8, 4) is 5.75 Å². The minimum absolute atomic E-state index is 0.0736. The summed E-state index contributed by atoms with van der Waals surface area (Å²) >= 11 is 7.54. The number of amides is 1. The lowest BCUT2D eigenvalue weighted by atomic mass is 9.99. The van der Waals surface area contributed by atoms with Crippen LogP contribution in [0.1, 0.15) is 42.7 Å². The number of unbranched alkanes of at least 4 members (excludes halogenated alkanes) is 2. The fraction of sp³-hybridized carbons (Fsp3) is 0.333. The topological polar surface area (TPSA) is 66.8 Å². The van der Waals surface area contributed by atoms with Crippen LogP contribution in [0.2, 0.25) is 5.02 Å². The molecule has 1 unspecified atom stereocenters. The first kappa shape index (κ1) is 20.4. The van der Waals surface area contributed by atoms with E-state index in [1.54, 1.807) is 17.0 Å². The number of ether oxygens (including phenoxy) is 1. The Balaban J connectivity index is 2.14. The third-order valence-corrected chi connectivity index (χ3v) is 5.93. The van der Waals surface area contributed by atoms with E-state index in [4.69, 9.17) is 16.3 Å². The molecule has 0 radical (unpaired) electrons. The van der Waals surface area contributed by atoms with E-state index in [1.807, 2.05) is 17.5 Å². The van der Waals surface area contributed by atoms with Crippen molar-refractivity contribution in [1.82, 2.24) is 4.90 Å². The number of methoxy groups -OCH3 is 1. The SMILES string of the molecule is CCCCCN1C(=O)C(=O)/C(=C(\O)c2cc(Cl)ccc2OC)C1c1cccs1. The molecular weight excluding hydrogens is 398 g/mol. The summed E-state index contributed by atoms with van der Waals surface area (Å²) in [6, 6.07) is 7.92. The van der Waals surface area contributed by atoms with E-state index in [0.29, 0.717) is 22.9 Å². The van der Waals surface area contributed by atoms with Crippen molar-refractivity contribution in [3.05, 3.63) is 56.7 Å². The zero-order valence-electron chi connectivity index (χ0n) is 15.8. The van der Waals surface area contributed by atoms with Gasteiger partial charge in [0.25, 0.3) is 11.7 Å². The molecule has 1 aliphatic heterocycles. The van der Waals surface area contributed by atoms with Crippen molar-refractivity contribution in [2.24, 2.45) is 0 Å². The first-order valence-corrected chi connectivity index (χ1v) is 10.4. The van der Waals surface area contributed by atoms with Crippen LogP contribution in [0.3, 0.4) is 0 Å². The highest BCUT2D eigenvalue weighted by Crippen LogP contribution is 2.42. The minimum Gasteiger partial charge on any atom is -0.507 e. The number of rotatable bonds is 7. The van der Waals surface area contributed by atoms with E-state index in [2.05, 4.69) is 6.92 Å². The molecule has 0 spiro atoms. The van der Waals surface area contributed by atoms with Crippen LogP contribution in [0.5, 0.6) is 5.75 Å². The van der Waals surface area contributed by atoms with Crippen molar-refractivity contribution >= 4 is 40.4 Å². The molecule has 1 fully saturated rings. The summed E-state index contributed by atoms with van der Waals surface area (Å²) in [4.78, 5) is 28.0. The Labute approximate surface area is 173 Å². The van der Waals surface area contributed by atoms with E-state index in [9.17, 15) is 14.7 Å². The highest BCUT2D eigenvalue weighted by molar-refractivity contribution is 7.10. The molecule has 3 rings (SSSR count). The first-order valence-electron chi connectivity index (χ1n) is 9.15. The first-order chi connectivity index (χ1) is 13.5. The number of aliphatic hydroxyl groups excluding tert-OH is 1. The van der Waals surface area contributed by atoms with Crippen LogP contribution in [-0.2, 0) is 9.59 Å². The predicted molar refractivity (Wildman–Crippen MR) is 111 cm³/mol. The van der Waals surface area contributed by atoms with E-state index in [0.717, 1.165) is 24.1 Å². The maximum atomic E-state index is 12.9. The van der Waals surface area contributed by atoms with E-state index in [-0.39, 0.29) is 11.3 Å². The van der Waals surface area contributed by atoms with Crippen LogP contribution in [0.15, 0.2) is 41.3 Å². The van der Waals surface area contributed by atoms with Gasteiger partial charge < -0.3 is 14.7 Å². The molecule has 1 aromatic heterocycles. The number of Topliss-reactive ketones (excluding diaryl/α,β-unsaturated/α-hetero) is 1. The Morgan fingerprint density at radius 2 is 2.07 bits per heavy atom. The normalized spacial score (nSPS) is 18.7. The summed E-state index contributed by atoms with van der Waals surface area (Å²) in [5.74, 6) is -1.16. The van der Waals surface area contributed by atoms with Gasteiger partial charge in [0.05, 0.1) is 24.3 Å². The zero-order chi connectivity index (χ0) is 20.3. The summed E-state index contributed by atoms with van der Waals surface area (Å²) in [6.07, 6.45) is 2.77. The molecule has 1 aliphatic rings. The Hall–Kier alpha value is -2.31. The van der Waals surface area contributed by atoms with Gasteiger partial charge in [-0.15, -0.1) is 11.3 Å². The largest absolute Gasteiger partial charge is 0.507 e. The second-order valence-corrected chi connectivity index (χ2v) is 7.98. The van der Waals surface area contributed by atoms with Crippen molar-refractivity contribution in [2.45, 2.75) is 32.2 Å². The second kappa shape index (κ2) is 8.80. The van der Waals surface area contributed by atoms with Crippen molar-refractivity contribution in [1.29, 1.82) is 0 Å². The molecule has 28 heavy (non-hydrogen) atoms. The molecule has 0 saturated carbocycles. The molecule has 0 bridgehead atoms. The molecule has 1 amide bonds. The van der Waals surface area contributed by atoms with Crippen molar-refractivity contribution < 1.29 is 19.4 Å². The van der Waals surface area contributed by atoms with Gasteiger partial charge in [-0.3, -0.25) is 9.59 Å². The lowest BCUT2D eigenvalue weighted by Gasteiger charge is -2.24. The molecule has 1 aromatic carbocycles. The Kier molecular flexibility index (Phi) is 6.42. The summed E-state index contributed by atoms with van der Waals surface area (Å²) < 4.78 is 5.32. The lowest BCUT2D eigenvalue weighted by molar-refractivity contribution is -0.139. The molecular formula is C21H22ClNO4S. The van der Waals surface area contributed by atoms with Gasteiger partial charge in [0.15, 0.2) is 0 Å². The number of aliphatic hydroxyl groups is 1. The number of halogens is 1. The number of hydrogen-bond acceptors (Lipinski definition) is 5. The number of ketones is 1. The van der Waals surface area contributed by atoms with E-state index >= 15 is 0 Å². The fourth-order valence-electron chi connectivity index (χ4n) is 3.40. The average molecular weight is 420 g/mol. The zero-order valence-corrected chi connectivity index (χ0v) is 17.3. The maximum absolute atomic E-state index is 12.9. The highest BCUT2D eigenvalue weighted by atomic mass is 35.5. The van der Waals surface area contributed by atoms with Crippen LogP contribution in [0, 0.1) is 0 Å². The number of thiophene rings is 1. The number of carbonyl (C=O) groups excluding carboxylic acids is 2. The molecule has 1 N–H and O–H groups in total. The molecule has 1 saturated heterocycles. The van der Waals surface area contributed by atoms with Crippen LogP contribution in [0.25, 0.3) is 5.76 Å². The minimum atomic E-state index is -0.686. The van der Waals surface area contributed by atoms with Gasteiger partial charge in [0, 0.05) is 16.4 Å². The third kappa shape index (κ3) is 3.80. The van der Waals surface area contributed by atoms with Gasteiger partial charge in [-0.2, -0.15) is 0 Å². The van der Waals surface area contributed by atoms with Crippen LogP contribution in [0.4, 0.5) is 0 Å². The Morgan fingerprint density at radius 3 is 2.71 bits per heavy atom. The highest BCUT2D eigenvalue weighted by Gasteiger charge is 2.46. The van der Waals surface area contributed by atoms with E-state index in [1.165, 1.54) is 24.5 Å². The number of likely N-dealkylation sites (tertiary alicyclic amines) is 1. The second-order valence-electron chi connectivity index (χ2n) is 6.56. The summed E-state index contributed by atoms with van der Waals surface area (Å²) in [7, 11) is 1.47. The van der Waals surface area contributed by atoms with Crippen molar-refractivity contribution in [2.75, 3.05) is 13.7 Å². The monoisotopic (exact) mass is 419 g/mol. The average Bonchev–Trinajstić information content (AvgIpc) is 3.30. The third-order valence-electron chi connectivity index (χ3n) is 4.77. The van der Waals surface area contributed by atoms with Crippen molar-refractivity contribution in [3.63, 3.8) is 0 Å². The van der Waals surface area contributed by atoms with Gasteiger partial charge in [-0.05, 0) is 36.1 Å². The van der Waals surface area contributed by atoms with Gasteiger partial charge in [-0.25, -0.2) is 0 Å². The number of nitrogens with zero attached hydrogens (tertiary/aromatic N) is 1. The summed E-state index contributed by atoms with van der Waals surface area (Å²) in [5.41, 5.74) is 0.368. The van der Waals surface area contributed by atoms with E-state index < -0.39 is 17.7 Å². The fourth-order valence-corrected chi connectivity index (χ4v) is 4.41. The van der Waals surface area contributed by atoms with Crippen LogP contribution < -0.4 is 4.74 Å². The Bertz CT molecular complexity index is 907. The lowest BCUT2D eigenvalue weighted by Crippen LogP contribution is -2.30. The molecule has 148 valence electrons. The molecule has 7 heteroatoms.